The van der Waals surface area contributed by atoms with Gasteiger partial charge in [0.05, 0.1) is 17.7 Å². The lowest BCUT2D eigenvalue weighted by atomic mass is 10.1. The summed E-state index contributed by atoms with van der Waals surface area (Å²) in [5, 5.41) is 12.2. The Kier molecular flexibility index (Phi) is 4.53. The molecule has 2 N–H and O–H groups in total. The third-order valence-electron chi connectivity index (χ3n) is 3.51. The van der Waals surface area contributed by atoms with E-state index in [1.54, 1.807) is 0 Å². The van der Waals surface area contributed by atoms with Crippen molar-refractivity contribution in [2.24, 2.45) is 0 Å². The number of aliphatic hydroxyl groups is 1. The van der Waals surface area contributed by atoms with Crippen LogP contribution in [0.1, 0.15) is 17.5 Å². The van der Waals surface area contributed by atoms with Crippen LogP contribution in [0.25, 0.3) is 0 Å². The molecule has 0 bridgehead atoms. The van der Waals surface area contributed by atoms with Gasteiger partial charge in [-0.1, -0.05) is 18.2 Å². The number of rotatable bonds is 3. The van der Waals surface area contributed by atoms with E-state index in [0.29, 0.717) is 6.54 Å². The van der Waals surface area contributed by atoms with Gasteiger partial charge in [-0.3, -0.25) is 4.79 Å². The van der Waals surface area contributed by atoms with Crippen LogP contribution in [0.5, 0.6) is 0 Å². The lowest BCUT2D eigenvalue weighted by Crippen LogP contribution is -2.41. The Bertz CT molecular complexity index is 519. The number of nitrogens with zero attached hydrogens (tertiary/aromatic N) is 1. The first-order valence-corrected chi connectivity index (χ1v) is 6.60. The van der Waals surface area contributed by atoms with Gasteiger partial charge in [-0.25, -0.2) is 0 Å². The largest absolute Gasteiger partial charge is 0.416 e. The summed E-state index contributed by atoms with van der Waals surface area (Å²) in [4.78, 5) is 13.4. The van der Waals surface area contributed by atoms with E-state index in [-0.39, 0.29) is 24.4 Å². The fourth-order valence-corrected chi connectivity index (χ4v) is 2.44. The van der Waals surface area contributed by atoms with E-state index < -0.39 is 23.9 Å². The summed E-state index contributed by atoms with van der Waals surface area (Å²) in [6, 6.07) is 4.67. The van der Waals surface area contributed by atoms with E-state index in [1.165, 1.54) is 30.1 Å². The summed E-state index contributed by atoms with van der Waals surface area (Å²) in [5.41, 5.74) is -0.677. The summed E-state index contributed by atoms with van der Waals surface area (Å²) in [6.07, 6.45) is -4.75. The number of amides is 1. The lowest BCUT2D eigenvalue weighted by molar-refractivity contribution is -0.139. The Morgan fingerprint density at radius 3 is 2.67 bits per heavy atom. The number of aliphatic hydroxyl groups excluding tert-OH is 1. The van der Waals surface area contributed by atoms with Gasteiger partial charge in [0.1, 0.15) is 0 Å². The molecule has 4 nitrogen and oxygen atoms in total. The number of β-amino-alcohol motifs (C(OH)–C–C–N with tert-alkyl or cyclic N) is 1. The predicted molar refractivity (Wildman–Crippen MR) is 70.3 cm³/mol. The maximum Gasteiger partial charge on any atom is 0.416 e. The minimum absolute atomic E-state index is 0.0550. The van der Waals surface area contributed by atoms with Crippen molar-refractivity contribution in [2.75, 3.05) is 13.6 Å². The zero-order valence-corrected chi connectivity index (χ0v) is 11.5. The van der Waals surface area contributed by atoms with Crippen LogP contribution in [0.4, 0.5) is 13.2 Å². The fourth-order valence-electron chi connectivity index (χ4n) is 2.44. The highest BCUT2D eigenvalue weighted by molar-refractivity contribution is 5.82. The molecule has 2 rings (SSSR count). The zero-order valence-electron chi connectivity index (χ0n) is 11.5. The normalized spacial score (nSPS) is 22.3. The van der Waals surface area contributed by atoms with E-state index in [4.69, 9.17) is 0 Å². The average molecular weight is 302 g/mol. The van der Waals surface area contributed by atoms with Crippen molar-refractivity contribution in [3.8, 4) is 0 Å². The molecular weight excluding hydrogens is 285 g/mol. The third kappa shape index (κ3) is 3.74. The molecule has 7 heteroatoms. The van der Waals surface area contributed by atoms with Crippen molar-refractivity contribution >= 4 is 5.91 Å². The van der Waals surface area contributed by atoms with Crippen molar-refractivity contribution in [3.63, 3.8) is 0 Å². The number of carbonyl (C=O) groups excluding carboxylic acids is 1. The van der Waals surface area contributed by atoms with Gasteiger partial charge in [0, 0.05) is 20.1 Å². The van der Waals surface area contributed by atoms with Crippen LogP contribution >= 0.6 is 0 Å². The maximum absolute atomic E-state index is 12.9. The monoisotopic (exact) mass is 302 g/mol. The Labute approximate surface area is 120 Å². The first-order chi connectivity index (χ1) is 9.79. The molecule has 1 fully saturated rings. The second-order valence-corrected chi connectivity index (χ2v) is 5.20. The lowest BCUT2D eigenvalue weighted by Gasteiger charge is -2.23. The second-order valence-electron chi connectivity index (χ2n) is 5.20. The van der Waals surface area contributed by atoms with Crippen LogP contribution in [-0.2, 0) is 17.5 Å². The van der Waals surface area contributed by atoms with E-state index >= 15 is 0 Å². The van der Waals surface area contributed by atoms with Gasteiger partial charge in [0.15, 0.2) is 0 Å². The van der Waals surface area contributed by atoms with Crippen molar-refractivity contribution in [3.05, 3.63) is 35.4 Å². The highest BCUT2D eigenvalue weighted by Gasteiger charge is 2.34. The molecule has 1 aliphatic heterocycles. The molecule has 0 unspecified atom stereocenters. The van der Waals surface area contributed by atoms with Gasteiger partial charge < -0.3 is 15.3 Å². The molecule has 0 radical (unpaired) electrons. The van der Waals surface area contributed by atoms with E-state index in [1.807, 2.05) is 0 Å². The molecule has 0 aromatic heterocycles. The van der Waals surface area contributed by atoms with E-state index in [0.717, 1.165) is 6.07 Å². The molecule has 1 aromatic carbocycles. The number of carbonyl (C=O) groups is 1. The highest BCUT2D eigenvalue weighted by atomic mass is 19.4. The molecule has 1 amide bonds. The summed E-state index contributed by atoms with van der Waals surface area (Å²) in [5.74, 6) is -0.316. The smallest absolute Gasteiger partial charge is 0.392 e. The van der Waals surface area contributed by atoms with Gasteiger partial charge in [0.25, 0.3) is 0 Å². The number of hydrogen-bond acceptors (Lipinski definition) is 3. The first kappa shape index (κ1) is 15.8. The molecule has 1 heterocycles. The van der Waals surface area contributed by atoms with Crippen LogP contribution in [0.2, 0.25) is 0 Å². The van der Waals surface area contributed by atoms with Crippen LogP contribution < -0.4 is 5.32 Å². The fraction of sp³-hybridized carbons (Fsp3) is 0.500. The SMILES string of the molecule is CN(Cc1ccccc1C(F)(F)F)C(=O)[C@@H]1C[C@H](O)CN1. The molecular formula is C14H17F3N2O2. The zero-order chi connectivity index (χ0) is 15.6. The number of hydrogen-bond donors (Lipinski definition) is 2. The summed E-state index contributed by atoms with van der Waals surface area (Å²) < 4.78 is 38.7. The molecule has 1 aliphatic rings. The van der Waals surface area contributed by atoms with E-state index in [9.17, 15) is 23.1 Å². The first-order valence-electron chi connectivity index (χ1n) is 6.60. The minimum atomic E-state index is -4.44. The molecule has 116 valence electrons. The maximum atomic E-state index is 12.9. The topological polar surface area (TPSA) is 52.6 Å². The molecule has 0 aliphatic carbocycles. The van der Waals surface area contributed by atoms with Crippen molar-refractivity contribution in [1.29, 1.82) is 0 Å². The Morgan fingerprint density at radius 1 is 1.43 bits per heavy atom. The number of halogens is 3. The van der Waals surface area contributed by atoms with Crippen molar-refractivity contribution in [1.82, 2.24) is 10.2 Å². The number of benzene rings is 1. The minimum Gasteiger partial charge on any atom is -0.392 e. The van der Waals surface area contributed by atoms with Crippen LogP contribution in [0.3, 0.4) is 0 Å². The standard InChI is InChI=1S/C14H17F3N2O2/c1-19(13(21)12-6-10(20)7-18-12)8-9-4-2-3-5-11(9)14(15,16)17/h2-5,10,12,18,20H,6-8H2,1H3/t10-,12-/m0/s1. The van der Waals surface area contributed by atoms with Crippen molar-refractivity contribution in [2.45, 2.75) is 31.3 Å². The van der Waals surface area contributed by atoms with Gasteiger partial charge in [-0.2, -0.15) is 13.2 Å². The summed E-state index contributed by atoms with van der Waals surface area (Å²) in [6.45, 7) is 0.201. The number of nitrogens with one attached hydrogen (secondary N) is 1. The molecule has 21 heavy (non-hydrogen) atoms. The molecule has 0 spiro atoms. The Balaban J connectivity index is 2.09. The van der Waals surface area contributed by atoms with Gasteiger partial charge >= 0.3 is 6.18 Å². The summed E-state index contributed by atoms with van der Waals surface area (Å²) in [7, 11) is 1.46. The average Bonchev–Trinajstić information content (AvgIpc) is 2.84. The van der Waals surface area contributed by atoms with Crippen LogP contribution in [-0.4, -0.2) is 41.7 Å². The second kappa shape index (κ2) is 6.03. The van der Waals surface area contributed by atoms with Gasteiger partial charge in [-0.05, 0) is 18.1 Å². The van der Waals surface area contributed by atoms with Crippen LogP contribution in [0, 0.1) is 0 Å². The molecule has 1 saturated heterocycles. The number of alkyl halides is 3. The quantitative estimate of drug-likeness (QED) is 0.887. The highest BCUT2D eigenvalue weighted by Crippen LogP contribution is 2.32. The van der Waals surface area contributed by atoms with Crippen LogP contribution in [0.15, 0.2) is 24.3 Å². The predicted octanol–water partition coefficient (Wildman–Crippen LogP) is 1.39. The van der Waals surface area contributed by atoms with E-state index in [2.05, 4.69) is 5.32 Å². The Morgan fingerprint density at radius 2 is 2.10 bits per heavy atom. The van der Waals surface area contributed by atoms with Gasteiger partial charge in [-0.15, -0.1) is 0 Å². The molecule has 1 aromatic rings. The molecule has 2 atom stereocenters. The summed E-state index contributed by atoms with van der Waals surface area (Å²) >= 11 is 0. The Hall–Kier alpha value is -1.60. The number of likely N-dealkylation sites (N-methyl/N-ethyl adjacent to an activating group) is 1. The van der Waals surface area contributed by atoms with Crippen molar-refractivity contribution < 1.29 is 23.1 Å². The molecule has 0 saturated carbocycles. The third-order valence-corrected chi connectivity index (χ3v) is 3.51. The van der Waals surface area contributed by atoms with Gasteiger partial charge in [0.2, 0.25) is 5.91 Å².